The molecule has 5 heteroatoms. The number of nitrogens with zero attached hydrogens (tertiary/aromatic N) is 3. The van der Waals surface area contributed by atoms with E-state index in [1.807, 2.05) is 4.90 Å². The highest BCUT2D eigenvalue weighted by Gasteiger charge is 2.49. The summed E-state index contributed by atoms with van der Waals surface area (Å²) < 4.78 is 0. The Morgan fingerprint density at radius 3 is 2.55 bits per heavy atom. The Labute approximate surface area is 175 Å². The zero-order valence-electron chi connectivity index (χ0n) is 17.8. The number of hydrogen-bond donors (Lipinski definition) is 0. The third kappa shape index (κ3) is 4.50. The standard InChI is InChI=1S/C24H35N3O2/c1-20(28)25-16-10-22(11-17-25)27-18-13-24(19-27)12-6-15-26(23(24)29)14-5-9-21-7-3-2-4-8-21/h2-4,7-8,22H,5-6,9-19H2,1H3. The minimum Gasteiger partial charge on any atom is -0.343 e. The van der Waals surface area contributed by atoms with Crippen LogP contribution < -0.4 is 0 Å². The Hall–Kier alpha value is -1.88. The van der Waals surface area contributed by atoms with Crippen LogP contribution in [0.15, 0.2) is 30.3 Å². The molecule has 1 spiro atoms. The fourth-order valence-corrected chi connectivity index (χ4v) is 5.62. The van der Waals surface area contributed by atoms with Gasteiger partial charge in [0, 0.05) is 45.7 Å². The number of benzene rings is 1. The third-order valence-electron chi connectivity index (χ3n) is 7.37. The minimum atomic E-state index is -0.150. The summed E-state index contributed by atoms with van der Waals surface area (Å²) in [5, 5.41) is 0. The van der Waals surface area contributed by atoms with E-state index < -0.39 is 0 Å². The van der Waals surface area contributed by atoms with Crippen molar-refractivity contribution in [1.82, 2.24) is 14.7 Å². The molecule has 3 aliphatic heterocycles. The molecule has 0 bridgehead atoms. The molecule has 3 fully saturated rings. The Morgan fingerprint density at radius 1 is 1.07 bits per heavy atom. The summed E-state index contributed by atoms with van der Waals surface area (Å²) in [7, 11) is 0. The number of carbonyl (C=O) groups excluding carboxylic acids is 2. The number of hydrogen-bond acceptors (Lipinski definition) is 3. The van der Waals surface area contributed by atoms with Gasteiger partial charge in [-0.15, -0.1) is 0 Å². The smallest absolute Gasteiger partial charge is 0.230 e. The third-order valence-corrected chi connectivity index (χ3v) is 7.37. The predicted molar refractivity (Wildman–Crippen MR) is 114 cm³/mol. The number of rotatable bonds is 5. The zero-order chi connectivity index (χ0) is 20.3. The highest BCUT2D eigenvalue weighted by Crippen LogP contribution is 2.41. The second-order valence-electron chi connectivity index (χ2n) is 9.22. The van der Waals surface area contributed by atoms with Crippen molar-refractivity contribution >= 4 is 11.8 Å². The molecule has 0 radical (unpaired) electrons. The molecule has 0 aromatic heterocycles. The minimum absolute atomic E-state index is 0.150. The van der Waals surface area contributed by atoms with Gasteiger partial charge in [-0.25, -0.2) is 0 Å². The van der Waals surface area contributed by atoms with Gasteiger partial charge in [0.15, 0.2) is 0 Å². The van der Waals surface area contributed by atoms with E-state index in [0.29, 0.717) is 11.9 Å². The molecule has 3 saturated heterocycles. The van der Waals surface area contributed by atoms with Crippen LogP contribution >= 0.6 is 0 Å². The summed E-state index contributed by atoms with van der Waals surface area (Å²) in [5.41, 5.74) is 1.21. The van der Waals surface area contributed by atoms with Crippen LogP contribution in [0.25, 0.3) is 0 Å². The molecule has 3 aliphatic rings. The van der Waals surface area contributed by atoms with Crippen LogP contribution in [-0.4, -0.2) is 71.8 Å². The summed E-state index contributed by atoms with van der Waals surface area (Å²) >= 11 is 0. The maximum atomic E-state index is 13.4. The zero-order valence-corrected chi connectivity index (χ0v) is 17.8. The Morgan fingerprint density at radius 2 is 1.83 bits per heavy atom. The molecule has 1 aromatic rings. The maximum Gasteiger partial charge on any atom is 0.230 e. The monoisotopic (exact) mass is 397 g/mol. The fourth-order valence-electron chi connectivity index (χ4n) is 5.62. The van der Waals surface area contributed by atoms with Crippen molar-refractivity contribution in [3.8, 4) is 0 Å². The second kappa shape index (κ2) is 8.86. The lowest BCUT2D eigenvalue weighted by molar-refractivity contribution is -0.145. The van der Waals surface area contributed by atoms with E-state index in [2.05, 4.69) is 40.1 Å². The highest BCUT2D eigenvalue weighted by atomic mass is 16.2. The van der Waals surface area contributed by atoms with Gasteiger partial charge < -0.3 is 9.80 Å². The van der Waals surface area contributed by atoms with E-state index >= 15 is 0 Å². The maximum absolute atomic E-state index is 13.4. The van der Waals surface area contributed by atoms with Crippen molar-refractivity contribution in [1.29, 1.82) is 0 Å². The van der Waals surface area contributed by atoms with E-state index in [9.17, 15) is 9.59 Å². The van der Waals surface area contributed by atoms with Crippen LogP contribution in [0.1, 0.15) is 51.0 Å². The average molecular weight is 398 g/mol. The SMILES string of the molecule is CC(=O)N1CCC(N2CCC3(CCCN(CCCc4ccccc4)C3=O)C2)CC1. The van der Waals surface area contributed by atoms with Crippen molar-refractivity contribution < 1.29 is 9.59 Å². The van der Waals surface area contributed by atoms with E-state index in [1.54, 1.807) is 6.92 Å². The highest BCUT2D eigenvalue weighted by molar-refractivity contribution is 5.84. The molecule has 1 aromatic carbocycles. The topological polar surface area (TPSA) is 43.9 Å². The summed E-state index contributed by atoms with van der Waals surface area (Å²) in [5.74, 6) is 0.593. The number of aryl methyl sites for hydroxylation is 1. The molecule has 1 atom stereocenters. The number of amides is 2. The van der Waals surface area contributed by atoms with E-state index in [1.165, 1.54) is 5.56 Å². The summed E-state index contributed by atoms with van der Waals surface area (Å²) in [6.45, 7) is 7.16. The predicted octanol–water partition coefficient (Wildman–Crippen LogP) is 2.94. The van der Waals surface area contributed by atoms with E-state index in [-0.39, 0.29) is 11.3 Å². The van der Waals surface area contributed by atoms with Gasteiger partial charge in [-0.1, -0.05) is 30.3 Å². The van der Waals surface area contributed by atoms with Gasteiger partial charge in [0.05, 0.1) is 5.41 Å². The molecule has 2 amide bonds. The van der Waals surface area contributed by atoms with E-state index in [4.69, 9.17) is 0 Å². The molecular weight excluding hydrogens is 362 g/mol. The average Bonchev–Trinajstić information content (AvgIpc) is 3.17. The fraction of sp³-hybridized carbons (Fsp3) is 0.667. The van der Waals surface area contributed by atoms with Gasteiger partial charge in [0.1, 0.15) is 0 Å². The molecule has 29 heavy (non-hydrogen) atoms. The Bertz CT molecular complexity index is 714. The summed E-state index contributed by atoms with van der Waals surface area (Å²) in [6.07, 6.45) is 7.36. The van der Waals surface area contributed by atoms with Gasteiger partial charge in [0.2, 0.25) is 11.8 Å². The Balaban J connectivity index is 1.30. The van der Waals surface area contributed by atoms with Gasteiger partial charge in [-0.05, 0) is 57.1 Å². The lowest BCUT2D eigenvalue weighted by atomic mass is 9.78. The number of carbonyl (C=O) groups is 2. The molecule has 158 valence electrons. The van der Waals surface area contributed by atoms with Crippen molar-refractivity contribution in [2.75, 3.05) is 39.3 Å². The Kier molecular flexibility index (Phi) is 6.23. The normalized spacial score (nSPS) is 26.4. The molecule has 0 aliphatic carbocycles. The van der Waals surface area contributed by atoms with Crippen LogP contribution in [0.5, 0.6) is 0 Å². The largest absolute Gasteiger partial charge is 0.343 e. The first-order valence-corrected chi connectivity index (χ1v) is 11.4. The number of likely N-dealkylation sites (tertiary alicyclic amines) is 3. The van der Waals surface area contributed by atoms with E-state index in [0.717, 1.165) is 84.2 Å². The molecule has 3 heterocycles. The lowest BCUT2D eigenvalue weighted by Crippen LogP contribution is -2.51. The van der Waals surface area contributed by atoms with Crippen LogP contribution in [-0.2, 0) is 16.0 Å². The molecular formula is C24H35N3O2. The van der Waals surface area contributed by atoms with Crippen LogP contribution in [0.3, 0.4) is 0 Å². The molecule has 0 saturated carbocycles. The van der Waals surface area contributed by atoms with Crippen molar-refractivity contribution in [3.05, 3.63) is 35.9 Å². The van der Waals surface area contributed by atoms with Gasteiger partial charge >= 0.3 is 0 Å². The lowest BCUT2D eigenvalue weighted by Gasteiger charge is -2.41. The van der Waals surface area contributed by atoms with Gasteiger partial charge in [-0.2, -0.15) is 0 Å². The van der Waals surface area contributed by atoms with Crippen LogP contribution in [0.2, 0.25) is 0 Å². The second-order valence-corrected chi connectivity index (χ2v) is 9.22. The first-order valence-electron chi connectivity index (χ1n) is 11.4. The molecule has 4 rings (SSSR count). The first kappa shape index (κ1) is 20.4. The molecule has 0 N–H and O–H groups in total. The first-order chi connectivity index (χ1) is 14.1. The van der Waals surface area contributed by atoms with Crippen molar-refractivity contribution in [2.24, 2.45) is 5.41 Å². The van der Waals surface area contributed by atoms with Crippen LogP contribution in [0.4, 0.5) is 0 Å². The van der Waals surface area contributed by atoms with Crippen molar-refractivity contribution in [2.45, 2.75) is 57.9 Å². The molecule has 5 nitrogen and oxygen atoms in total. The summed E-state index contributed by atoms with van der Waals surface area (Å²) in [6, 6.07) is 11.1. The van der Waals surface area contributed by atoms with Crippen LogP contribution in [0, 0.1) is 5.41 Å². The number of piperidine rings is 2. The quantitative estimate of drug-likeness (QED) is 0.767. The van der Waals surface area contributed by atoms with Gasteiger partial charge in [0.25, 0.3) is 0 Å². The molecule has 1 unspecified atom stereocenters. The van der Waals surface area contributed by atoms with Crippen molar-refractivity contribution in [3.63, 3.8) is 0 Å². The van der Waals surface area contributed by atoms with Gasteiger partial charge in [-0.3, -0.25) is 14.5 Å². The summed E-state index contributed by atoms with van der Waals surface area (Å²) in [4.78, 5) is 31.7.